The normalized spacial score (nSPS) is 12.3. The Hall–Kier alpha value is -2.08. The van der Waals surface area contributed by atoms with E-state index in [1.54, 1.807) is 25.1 Å². The van der Waals surface area contributed by atoms with Crippen molar-refractivity contribution in [2.24, 2.45) is 5.92 Å². The standard InChI is InChI=1S/C15H21NO5/c1-12(15(19)20-2)11-16(8-4-9-17)14(18)7-6-13-5-3-10-21-13/h3,5-7,10,12,17H,4,8-9,11H2,1-2H3/b7-6+. The van der Waals surface area contributed by atoms with Crippen LogP contribution in [0.2, 0.25) is 0 Å². The third-order valence-electron chi connectivity index (χ3n) is 2.93. The minimum atomic E-state index is -0.422. The Morgan fingerprint density at radius 3 is 2.86 bits per heavy atom. The number of amides is 1. The van der Waals surface area contributed by atoms with E-state index in [2.05, 4.69) is 4.74 Å². The highest BCUT2D eigenvalue weighted by atomic mass is 16.5. The number of rotatable bonds is 8. The Morgan fingerprint density at radius 2 is 2.29 bits per heavy atom. The van der Waals surface area contributed by atoms with Crippen LogP contribution < -0.4 is 0 Å². The van der Waals surface area contributed by atoms with Gasteiger partial charge in [0.25, 0.3) is 0 Å². The molecule has 1 aromatic rings. The first-order chi connectivity index (χ1) is 10.1. The predicted octanol–water partition coefficient (Wildman–Crippen LogP) is 1.31. The molecule has 0 spiro atoms. The molecular weight excluding hydrogens is 274 g/mol. The summed E-state index contributed by atoms with van der Waals surface area (Å²) in [5, 5.41) is 8.90. The predicted molar refractivity (Wildman–Crippen MR) is 77.2 cm³/mol. The minimum absolute atomic E-state index is 0.0156. The second-order valence-electron chi connectivity index (χ2n) is 4.63. The molecule has 1 heterocycles. The van der Waals surface area contributed by atoms with Crippen LogP contribution in [0.1, 0.15) is 19.1 Å². The van der Waals surface area contributed by atoms with E-state index in [1.165, 1.54) is 24.3 Å². The lowest BCUT2D eigenvalue weighted by atomic mass is 10.1. The van der Waals surface area contributed by atoms with E-state index in [-0.39, 0.29) is 25.0 Å². The molecule has 0 saturated heterocycles. The largest absolute Gasteiger partial charge is 0.469 e. The number of aliphatic hydroxyl groups is 1. The van der Waals surface area contributed by atoms with Crippen LogP contribution in [-0.4, -0.2) is 48.7 Å². The van der Waals surface area contributed by atoms with E-state index in [0.29, 0.717) is 18.7 Å². The van der Waals surface area contributed by atoms with E-state index in [0.717, 1.165) is 0 Å². The smallest absolute Gasteiger partial charge is 0.310 e. The van der Waals surface area contributed by atoms with E-state index in [4.69, 9.17) is 9.52 Å². The molecule has 1 aromatic heterocycles. The van der Waals surface area contributed by atoms with Crippen LogP contribution >= 0.6 is 0 Å². The van der Waals surface area contributed by atoms with E-state index < -0.39 is 5.92 Å². The van der Waals surface area contributed by atoms with Crippen LogP contribution in [0.25, 0.3) is 6.08 Å². The molecule has 116 valence electrons. The summed E-state index contributed by atoms with van der Waals surface area (Å²) in [7, 11) is 1.32. The van der Waals surface area contributed by atoms with Crippen LogP contribution in [0.3, 0.4) is 0 Å². The molecule has 6 heteroatoms. The molecule has 6 nitrogen and oxygen atoms in total. The average Bonchev–Trinajstić information content (AvgIpc) is 3.01. The van der Waals surface area contributed by atoms with Crippen molar-refractivity contribution in [2.45, 2.75) is 13.3 Å². The van der Waals surface area contributed by atoms with Crippen molar-refractivity contribution >= 4 is 18.0 Å². The van der Waals surface area contributed by atoms with Gasteiger partial charge in [-0.05, 0) is 24.6 Å². The lowest BCUT2D eigenvalue weighted by Crippen LogP contribution is -2.37. The molecule has 0 aliphatic heterocycles. The topological polar surface area (TPSA) is 80.0 Å². The summed E-state index contributed by atoms with van der Waals surface area (Å²) >= 11 is 0. The van der Waals surface area contributed by atoms with Crippen molar-refractivity contribution in [3.8, 4) is 0 Å². The van der Waals surface area contributed by atoms with Crippen LogP contribution in [0.15, 0.2) is 28.9 Å². The maximum absolute atomic E-state index is 12.2. The summed E-state index contributed by atoms with van der Waals surface area (Å²) in [6, 6.07) is 3.46. The molecule has 0 radical (unpaired) electrons. The van der Waals surface area contributed by atoms with E-state index in [9.17, 15) is 9.59 Å². The number of hydrogen-bond acceptors (Lipinski definition) is 5. The van der Waals surface area contributed by atoms with Gasteiger partial charge in [0, 0.05) is 25.8 Å². The van der Waals surface area contributed by atoms with Gasteiger partial charge in [-0.2, -0.15) is 0 Å². The fourth-order valence-electron chi connectivity index (χ4n) is 1.80. The summed E-state index contributed by atoms with van der Waals surface area (Å²) in [6.07, 6.45) is 4.93. The number of esters is 1. The SMILES string of the molecule is COC(=O)C(C)CN(CCCO)C(=O)/C=C/c1ccco1. The van der Waals surface area contributed by atoms with Gasteiger partial charge in [-0.25, -0.2) is 0 Å². The molecule has 1 unspecified atom stereocenters. The lowest BCUT2D eigenvalue weighted by Gasteiger charge is -2.23. The van der Waals surface area contributed by atoms with Crippen molar-refractivity contribution in [1.29, 1.82) is 0 Å². The average molecular weight is 295 g/mol. The number of methoxy groups -OCH3 is 1. The third kappa shape index (κ3) is 5.83. The second-order valence-corrected chi connectivity index (χ2v) is 4.63. The fraction of sp³-hybridized carbons (Fsp3) is 0.467. The summed E-state index contributed by atoms with van der Waals surface area (Å²) in [4.78, 5) is 25.1. The number of ether oxygens (including phenoxy) is 1. The van der Waals surface area contributed by atoms with Crippen LogP contribution in [0, 0.1) is 5.92 Å². The summed E-state index contributed by atoms with van der Waals surface area (Å²) < 4.78 is 9.77. The maximum Gasteiger partial charge on any atom is 0.310 e. The van der Waals surface area contributed by atoms with Crippen molar-refractivity contribution in [3.05, 3.63) is 30.2 Å². The minimum Gasteiger partial charge on any atom is -0.469 e. The maximum atomic E-state index is 12.2. The van der Waals surface area contributed by atoms with E-state index in [1.807, 2.05) is 0 Å². The van der Waals surface area contributed by atoms with Crippen molar-refractivity contribution in [1.82, 2.24) is 4.90 Å². The first-order valence-corrected chi connectivity index (χ1v) is 6.77. The second kappa shape index (κ2) is 8.97. The number of nitrogens with zero attached hydrogens (tertiary/aromatic N) is 1. The zero-order valence-electron chi connectivity index (χ0n) is 12.3. The van der Waals surface area contributed by atoms with Gasteiger partial charge in [-0.1, -0.05) is 6.92 Å². The molecule has 0 bridgehead atoms. The molecule has 0 fully saturated rings. The molecule has 1 N–H and O–H groups in total. The summed E-state index contributed by atoms with van der Waals surface area (Å²) in [5.41, 5.74) is 0. The molecule has 1 rings (SSSR count). The third-order valence-corrected chi connectivity index (χ3v) is 2.93. The number of carbonyl (C=O) groups excluding carboxylic acids is 2. The van der Waals surface area contributed by atoms with Gasteiger partial charge in [-0.3, -0.25) is 9.59 Å². The molecule has 1 amide bonds. The van der Waals surface area contributed by atoms with Gasteiger partial charge in [-0.15, -0.1) is 0 Å². The van der Waals surface area contributed by atoms with Gasteiger partial charge >= 0.3 is 5.97 Å². The highest BCUT2D eigenvalue weighted by Crippen LogP contribution is 2.07. The fourth-order valence-corrected chi connectivity index (χ4v) is 1.80. The van der Waals surface area contributed by atoms with Gasteiger partial charge in [0.1, 0.15) is 5.76 Å². The van der Waals surface area contributed by atoms with Crippen molar-refractivity contribution in [2.75, 3.05) is 26.8 Å². The van der Waals surface area contributed by atoms with Crippen LogP contribution in [-0.2, 0) is 14.3 Å². The first-order valence-electron chi connectivity index (χ1n) is 6.77. The highest BCUT2D eigenvalue weighted by Gasteiger charge is 2.19. The Balaban J connectivity index is 2.66. The quantitative estimate of drug-likeness (QED) is 0.578. The number of furan rings is 1. The van der Waals surface area contributed by atoms with Crippen molar-refractivity contribution < 1.29 is 23.8 Å². The monoisotopic (exact) mass is 295 g/mol. The van der Waals surface area contributed by atoms with Crippen LogP contribution in [0.4, 0.5) is 0 Å². The molecule has 0 aliphatic rings. The van der Waals surface area contributed by atoms with Gasteiger partial charge in [0.15, 0.2) is 0 Å². The van der Waals surface area contributed by atoms with Gasteiger partial charge < -0.3 is 19.2 Å². The Kier molecular flexibility index (Phi) is 7.25. The Labute approximate surface area is 124 Å². The lowest BCUT2D eigenvalue weighted by molar-refractivity contribution is -0.146. The Morgan fingerprint density at radius 1 is 1.52 bits per heavy atom. The van der Waals surface area contributed by atoms with Gasteiger partial charge in [0.05, 0.1) is 19.3 Å². The molecule has 0 saturated carbocycles. The summed E-state index contributed by atoms with van der Waals surface area (Å²) in [5.74, 6) is -0.455. The highest BCUT2D eigenvalue weighted by molar-refractivity contribution is 5.91. The summed E-state index contributed by atoms with van der Waals surface area (Å²) in [6.45, 7) is 2.30. The Bertz CT molecular complexity index is 466. The number of aliphatic hydroxyl groups excluding tert-OH is 1. The van der Waals surface area contributed by atoms with Gasteiger partial charge in [0.2, 0.25) is 5.91 Å². The molecule has 21 heavy (non-hydrogen) atoms. The van der Waals surface area contributed by atoms with E-state index >= 15 is 0 Å². The molecule has 0 aromatic carbocycles. The molecular formula is C15H21NO5. The van der Waals surface area contributed by atoms with Crippen LogP contribution in [0.5, 0.6) is 0 Å². The molecule has 1 atom stereocenters. The van der Waals surface area contributed by atoms with Crippen molar-refractivity contribution in [3.63, 3.8) is 0 Å². The number of hydrogen-bond donors (Lipinski definition) is 1. The molecule has 0 aliphatic carbocycles. The zero-order chi connectivity index (χ0) is 15.7. The zero-order valence-corrected chi connectivity index (χ0v) is 12.3. The first kappa shape index (κ1) is 17.0. The number of carbonyl (C=O) groups is 2.